The van der Waals surface area contributed by atoms with Crippen LogP contribution in [0.5, 0.6) is 0 Å². The molecule has 2 aromatic rings. The van der Waals surface area contributed by atoms with E-state index in [4.69, 9.17) is 14.9 Å². The van der Waals surface area contributed by atoms with E-state index in [2.05, 4.69) is 25.7 Å². The first-order valence-corrected chi connectivity index (χ1v) is 13.5. The quantitative estimate of drug-likeness (QED) is 0.0739. The van der Waals surface area contributed by atoms with Crippen molar-refractivity contribution in [2.75, 3.05) is 27.3 Å². The number of alkyl carbamates (subject to hydrolysis) is 1. The minimum Gasteiger partial charge on any atom is -0.443 e. The summed E-state index contributed by atoms with van der Waals surface area (Å²) in [5.74, 6) is -2.91. The monoisotopic (exact) mass is 615 g/mol. The van der Waals surface area contributed by atoms with Gasteiger partial charge in [0.1, 0.15) is 18.6 Å². The Hall–Kier alpha value is -3.83. The lowest BCUT2D eigenvalue weighted by Gasteiger charge is -2.33. The average molecular weight is 616 g/mol. The van der Waals surface area contributed by atoms with Crippen molar-refractivity contribution >= 4 is 24.8 Å². The van der Waals surface area contributed by atoms with Crippen LogP contribution in [0.25, 0.3) is 6.08 Å². The highest BCUT2D eigenvalue weighted by Crippen LogP contribution is 2.41. The van der Waals surface area contributed by atoms with E-state index in [-0.39, 0.29) is 56.2 Å². The molecule has 1 aliphatic carbocycles. The van der Waals surface area contributed by atoms with Crippen LogP contribution in [0, 0.1) is 11.3 Å². The summed E-state index contributed by atoms with van der Waals surface area (Å²) in [6.07, 6.45) is 3.18. The third-order valence-corrected chi connectivity index (χ3v) is 7.40. The largest absolute Gasteiger partial charge is 0.443 e. The lowest BCUT2D eigenvalue weighted by molar-refractivity contribution is -0.198. The van der Waals surface area contributed by atoms with E-state index in [1.54, 1.807) is 24.0 Å². The molecule has 43 heavy (non-hydrogen) atoms. The number of hydrogen-bond donors (Lipinski definition) is 4. The average Bonchev–Trinajstić information content (AvgIpc) is 3.62. The fourth-order valence-electron chi connectivity index (χ4n) is 4.91. The summed E-state index contributed by atoms with van der Waals surface area (Å²) in [6.45, 7) is -0.580. The van der Waals surface area contributed by atoms with Gasteiger partial charge in [0.2, 0.25) is 12.3 Å². The molecule has 1 aliphatic rings. The van der Waals surface area contributed by atoms with Gasteiger partial charge in [-0.3, -0.25) is 14.8 Å². The van der Waals surface area contributed by atoms with Gasteiger partial charge in [-0.15, -0.1) is 0 Å². The van der Waals surface area contributed by atoms with Crippen molar-refractivity contribution in [1.29, 1.82) is 5.41 Å². The zero-order chi connectivity index (χ0) is 31.6. The number of aryl methyl sites for hydroxylation is 1. The number of methoxy groups -OCH3 is 1. The number of nitrogens with zero attached hydrogens (tertiary/aromatic N) is 5. The number of amides is 2. The number of carbonyl (C=O) groups is 2. The van der Waals surface area contributed by atoms with Crippen LogP contribution in [0.2, 0.25) is 0 Å². The number of alkyl halides is 2. The van der Waals surface area contributed by atoms with Gasteiger partial charge in [0.15, 0.2) is 0 Å². The fourth-order valence-corrected chi connectivity index (χ4v) is 4.91. The van der Waals surface area contributed by atoms with E-state index in [0.29, 0.717) is 17.8 Å². The number of carbonyl (C=O) groups excluding carboxylic acids is 2. The molecular weight excluding hydrogens is 578 g/mol. The van der Waals surface area contributed by atoms with Crippen molar-refractivity contribution in [3.63, 3.8) is 0 Å². The van der Waals surface area contributed by atoms with E-state index in [1.165, 1.54) is 26.4 Å². The van der Waals surface area contributed by atoms with Crippen molar-refractivity contribution < 1.29 is 36.8 Å². The van der Waals surface area contributed by atoms with Gasteiger partial charge in [-0.25, -0.2) is 18.6 Å². The van der Waals surface area contributed by atoms with E-state index in [9.17, 15) is 27.3 Å². The van der Waals surface area contributed by atoms with Gasteiger partial charge in [0.05, 0.1) is 42.8 Å². The van der Waals surface area contributed by atoms with E-state index >= 15 is 0 Å². The SMILES string of the molecule is CN[C@@H](CN(C=O)C(COC)/C(C=N)=C/c1ncc(C(NC(=O)OCc2ccnn2C)C2CCC(F)(F)CC2)[nH]1)N(F)F. The Morgan fingerprint density at radius 3 is 2.63 bits per heavy atom. The highest BCUT2D eigenvalue weighted by Gasteiger charge is 2.39. The molecule has 2 heterocycles. The van der Waals surface area contributed by atoms with Crippen LogP contribution >= 0.6 is 0 Å². The van der Waals surface area contributed by atoms with Gasteiger partial charge in [0.25, 0.3) is 0 Å². The number of imidazole rings is 1. The first-order chi connectivity index (χ1) is 20.5. The first-order valence-electron chi connectivity index (χ1n) is 13.5. The van der Waals surface area contributed by atoms with Gasteiger partial charge in [0, 0.05) is 44.8 Å². The third-order valence-electron chi connectivity index (χ3n) is 7.40. The van der Waals surface area contributed by atoms with Gasteiger partial charge >= 0.3 is 6.09 Å². The molecule has 0 aliphatic heterocycles. The van der Waals surface area contributed by atoms with Crippen LogP contribution in [-0.2, 0) is 27.9 Å². The Morgan fingerprint density at radius 1 is 1.35 bits per heavy atom. The molecule has 2 amide bonds. The number of likely N-dealkylation sites (N-methyl/N-ethyl adjacent to an activating group) is 1. The first kappa shape index (κ1) is 33.7. The van der Waals surface area contributed by atoms with Gasteiger partial charge in [-0.05, 0) is 43.5 Å². The van der Waals surface area contributed by atoms with Gasteiger partial charge in [-0.2, -0.15) is 5.10 Å². The Bertz CT molecular complexity index is 1230. The van der Waals surface area contributed by atoms with Crippen LogP contribution in [0.4, 0.5) is 22.5 Å². The Labute approximate surface area is 246 Å². The van der Waals surface area contributed by atoms with E-state index < -0.39 is 42.2 Å². The number of aromatic nitrogens is 4. The highest BCUT2D eigenvalue weighted by atomic mass is 19.4. The fraction of sp³-hybridized carbons (Fsp3) is 0.577. The maximum Gasteiger partial charge on any atom is 0.408 e. The van der Waals surface area contributed by atoms with Crippen LogP contribution in [-0.4, -0.2) is 94.1 Å². The maximum atomic E-state index is 13.9. The van der Waals surface area contributed by atoms with E-state index in [0.717, 1.165) is 11.1 Å². The molecule has 1 saturated carbocycles. The molecule has 2 aromatic heterocycles. The highest BCUT2D eigenvalue weighted by molar-refractivity contribution is 5.85. The lowest BCUT2D eigenvalue weighted by Crippen LogP contribution is -2.50. The van der Waals surface area contributed by atoms with Crippen molar-refractivity contribution in [3.05, 3.63) is 41.2 Å². The van der Waals surface area contributed by atoms with Crippen molar-refractivity contribution in [3.8, 4) is 0 Å². The molecule has 0 aromatic carbocycles. The molecule has 1 fully saturated rings. The van der Waals surface area contributed by atoms with E-state index in [1.807, 2.05) is 0 Å². The topological polar surface area (TPSA) is 153 Å². The minimum absolute atomic E-state index is 0.0530. The summed E-state index contributed by atoms with van der Waals surface area (Å²) in [7, 11) is 4.38. The second-order valence-electron chi connectivity index (χ2n) is 10.2. The number of H-pyrrole nitrogens is 1. The summed E-state index contributed by atoms with van der Waals surface area (Å²) in [5.41, 5.74) is 1.28. The molecule has 17 heteroatoms. The van der Waals surface area contributed by atoms with Crippen molar-refractivity contribution in [1.82, 2.24) is 40.6 Å². The molecule has 0 radical (unpaired) electrons. The van der Waals surface area contributed by atoms with Crippen LogP contribution < -0.4 is 10.6 Å². The number of aromatic amines is 1. The number of halogens is 4. The maximum absolute atomic E-state index is 13.9. The Kier molecular flexibility index (Phi) is 12.2. The van der Waals surface area contributed by atoms with Crippen LogP contribution in [0.15, 0.2) is 24.0 Å². The Balaban J connectivity index is 1.84. The van der Waals surface area contributed by atoms with Gasteiger partial charge < -0.3 is 30.1 Å². The van der Waals surface area contributed by atoms with Crippen LogP contribution in [0.3, 0.4) is 0 Å². The summed E-state index contributed by atoms with van der Waals surface area (Å²) in [4.78, 5) is 33.1. The molecule has 2 unspecified atom stereocenters. The second-order valence-corrected chi connectivity index (χ2v) is 10.2. The molecule has 4 N–H and O–H groups in total. The predicted octanol–water partition coefficient (Wildman–Crippen LogP) is 3.06. The number of rotatable bonds is 16. The molecule has 0 saturated heterocycles. The minimum atomic E-state index is -2.78. The molecule has 3 atom stereocenters. The van der Waals surface area contributed by atoms with Gasteiger partial charge in [-0.1, -0.05) is 8.96 Å². The number of nitrogens with one attached hydrogen (secondary N) is 4. The molecule has 238 valence electrons. The zero-order valence-corrected chi connectivity index (χ0v) is 24.1. The molecular formula is C26H37F4N9O4. The normalized spacial score (nSPS) is 17.7. The molecule has 0 bridgehead atoms. The molecule has 3 rings (SSSR count). The lowest BCUT2D eigenvalue weighted by atomic mass is 9.81. The summed E-state index contributed by atoms with van der Waals surface area (Å²) < 4.78 is 66.4. The third kappa shape index (κ3) is 9.33. The zero-order valence-electron chi connectivity index (χ0n) is 24.1. The number of hydrogen-bond acceptors (Lipinski definition) is 9. The predicted molar refractivity (Wildman–Crippen MR) is 147 cm³/mol. The van der Waals surface area contributed by atoms with Crippen LogP contribution in [0.1, 0.15) is 48.9 Å². The van der Waals surface area contributed by atoms with Crippen molar-refractivity contribution in [2.45, 2.75) is 56.5 Å². The summed E-state index contributed by atoms with van der Waals surface area (Å²) >= 11 is 0. The molecule has 0 spiro atoms. The molecule has 13 nitrogen and oxygen atoms in total. The smallest absolute Gasteiger partial charge is 0.408 e. The van der Waals surface area contributed by atoms with Crippen molar-refractivity contribution in [2.24, 2.45) is 13.0 Å². The summed E-state index contributed by atoms with van der Waals surface area (Å²) in [5, 5.41) is 16.1. The number of ether oxygens (including phenoxy) is 2. The Morgan fingerprint density at radius 2 is 2.07 bits per heavy atom. The standard InChI is InChI=1S/C26H37F4N9O4/c1-32-23(39(29)30)13-38(16-40)21(15-42-3)18(11-31)10-22-33-12-20(35-22)24(17-4-7-26(27,28)8-5-17)36-25(41)43-14-19-6-9-34-37(19)2/h6,9-12,16-17,21,23-24,31-32H,4-5,7-8,13-15H2,1-3H3,(H,33,35)(H,36,41)/b18-10+,31-11?/t21?,23-,24?/m1/s1. The second kappa shape index (κ2) is 15.6. The summed E-state index contributed by atoms with van der Waals surface area (Å²) in [6, 6.07) is 0.0292.